The quantitative estimate of drug-likeness (QED) is 0.0127. The highest BCUT2D eigenvalue weighted by Gasteiger charge is 2.51. The van der Waals surface area contributed by atoms with Gasteiger partial charge in [0.2, 0.25) is 0 Å². The second-order valence-electron chi connectivity index (χ2n) is 32.3. The van der Waals surface area contributed by atoms with Gasteiger partial charge in [-0.15, -0.1) is 0 Å². The van der Waals surface area contributed by atoms with Crippen molar-refractivity contribution in [2.75, 3.05) is 68.6 Å². The second kappa shape index (κ2) is 61.7. The van der Waals surface area contributed by atoms with Gasteiger partial charge >= 0.3 is 85.6 Å². The summed E-state index contributed by atoms with van der Waals surface area (Å²) in [5.41, 5.74) is 0. The molecule has 5 rings (SSSR count). The number of aliphatic hydroxyl groups excluding tert-OH is 10. The Morgan fingerprint density at radius 3 is 0.608 bits per heavy atom. The van der Waals surface area contributed by atoms with Gasteiger partial charge in [0.25, 0.3) is 0 Å². The summed E-state index contributed by atoms with van der Waals surface area (Å²) in [6.07, 6.45) is 14.9. The van der Waals surface area contributed by atoms with Crippen molar-refractivity contribution in [3.63, 3.8) is 0 Å². The lowest BCUT2D eigenvalue weighted by atomic mass is 10.1. The molecule has 0 aliphatic rings. The van der Waals surface area contributed by atoms with Crippen LogP contribution in [0.1, 0.15) is 157 Å². The van der Waals surface area contributed by atoms with Gasteiger partial charge in [-0.05, 0) is 101 Å². The molecule has 25 nitrogen and oxygen atoms in total. The molecule has 0 bridgehead atoms. The maximum Gasteiger partial charge on any atom is 0.357 e. The maximum atomic E-state index is 11.0. The summed E-state index contributed by atoms with van der Waals surface area (Å²) in [6, 6.07) is 51.6. The molecule has 16 unspecified atom stereocenters. The van der Waals surface area contributed by atoms with Gasteiger partial charge in [0.05, 0.1) is 63.6 Å². The van der Waals surface area contributed by atoms with Crippen molar-refractivity contribution in [1.82, 2.24) is 0 Å². The SMILES string of the molecule is CCC(C)CC[Si](CC(O)CO)(OC)O[Si](C)(O)c1ccccc1.CCCCCCC[Si](CC(O)CO)(OC)O[Si](C)(O)c1ccccc1.CCCCCCC[Si](CC(O)CO)(OC)O[Si](C)(O)c1ccccc1.CCCCCC[Si](CC(O)CO)(OC)O[Si](C)(O)c1ccccc1.CCCC[Si](CC(O)CO)(OC)O[Si](C)(O)c1ccccc1. The van der Waals surface area contributed by atoms with Crippen LogP contribution in [0.2, 0.25) is 93.2 Å². The summed E-state index contributed by atoms with van der Waals surface area (Å²) in [5.74, 6) is 0.519. The minimum Gasteiger partial charge on any atom is -0.411 e. The van der Waals surface area contributed by atoms with Crippen LogP contribution in [-0.4, -0.2) is 260 Å². The number of aliphatic hydroxyl groups is 10. The van der Waals surface area contributed by atoms with Gasteiger partial charge < -0.3 is 118 Å². The van der Waals surface area contributed by atoms with Crippen molar-refractivity contribution in [2.45, 2.75) is 281 Å². The zero-order valence-electron chi connectivity index (χ0n) is 75.5. The lowest BCUT2D eigenvalue weighted by Gasteiger charge is -2.37. The van der Waals surface area contributed by atoms with Crippen molar-refractivity contribution in [1.29, 1.82) is 0 Å². The Kier molecular flexibility index (Phi) is 59.2. The van der Waals surface area contributed by atoms with Crippen LogP contribution in [0.5, 0.6) is 0 Å². The van der Waals surface area contributed by atoms with Crippen LogP contribution in [0.3, 0.4) is 0 Å². The highest BCUT2D eigenvalue weighted by molar-refractivity contribution is 6.90. The van der Waals surface area contributed by atoms with E-state index in [-0.39, 0.29) is 63.3 Å². The summed E-state index contributed by atoms with van der Waals surface area (Å²) in [6.45, 7) is 19.9. The van der Waals surface area contributed by atoms with E-state index >= 15 is 0 Å². The van der Waals surface area contributed by atoms with Crippen molar-refractivity contribution >= 4 is 112 Å². The monoisotopic (exact) mass is 1860 g/mol. The van der Waals surface area contributed by atoms with E-state index in [2.05, 4.69) is 41.5 Å². The number of benzene rings is 5. The van der Waals surface area contributed by atoms with E-state index in [0.29, 0.717) is 36.1 Å². The minimum atomic E-state index is -3.15. The fourth-order valence-corrected chi connectivity index (χ4v) is 51.6. The molecule has 0 spiro atoms. The van der Waals surface area contributed by atoms with Crippen LogP contribution in [0.15, 0.2) is 152 Å². The Balaban J connectivity index is 0.000000750. The Bertz CT molecular complexity index is 3210. The number of unbranched alkanes of at least 4 members (excludes halogenated alkanes) is 12. The Labute approximate surface area is 731 Å². The molecule has 5 aromatic rings. The van der Waals surface area contributed by atoms with Crippen molar-refractivity contribution in [2.24, 2.45) is 5.92 Å². The maximum absolute atomic E-state index is 11.0. The van der Waals surface area contributed by atoms with Gasteiger partial charge in [-0.2, -0.15) is 0 Å². The Hall–Kier alpha value is -2.73. The van der Waals surface area contributed by atoms with E-state index in [1.54, 1.807) is 68.3 Å². The Morgan fingerprint density at radius 2 is 0.433 bits per heavy atom. The molecule has 690 valence electrons. The third kappa shape index (κ3) is 44.8. The van der Waals surface area contributed by atoms with Gasteiger partial charge in [0.1, 0.15) is 0 Å². The average molecular weight is 1860 g/mol. The molecular weight excluding hydrogens is 1700 g/mol. The Morgan fingerprint density at radius 1 is 0.258 bits per heavy atom. The fraction of sp³-hybridized carbons (Fsp3) is 0.647. The van der Waals surface area contributed by atoms with Crippen LogP contribution < -0.4 is 25.9 Å². The summed E-state index contributed by atoms with van der Waals surface area (Å²) in [7, 11) is -21.9. The molecule has 120 heavy (non-hydrogen) atoms. The lowest BCUT2D eigenvalue weighted by Crippen LogP contribution is -2.59. The third-order valence-electron chi connectivity index (χ3n) is 21.5. The largest absolute Gasteiger partial charge is 0.411 e. The van der Waals surface area contributed by atoms with Gasteiger partial charge in [-0.25, -0.2) is 0 Å². The first kappa shape index (κ1) is 115. The standard InChI is InChI=1S/2C18H34O5Si2.2C17H32O5Si2.C15H28O5Si2/c2*1-4-5-6-7-11-14-25(22-2,16-17(20)15-19)23-24(3,21)18-12-9-8-10-13-18;1-5-15(2)11-12-24(21-3,14-16(19)13-18)22-23(4,20)17-9-7-6-8-10-17;1-4-5-6-10-13-24(21-2,15-16(19)14-18)22-23(3,20)17-11-8-7-9-12-17;1-4-5-11-22(19-2,13-14(17)12-16)20-21(3,18)15-9-7-6-8-10-15/h2*8-10,12-13,17,19-21H,4-7,11,14-16H2,1-3H3;6-10,15-16,18-20H,5,11-14H2,1-4H3;7-9,11-12,16,18-20H,4-6,10,13-15H2,1-3H3;6-10,14,16-18H,4-5,11-13H2,1-3H3. The molecule has 16 atom stereocenters. The van der Waals surface area contributed by atoms with Gasteiger partial charge in [-0.1, -0.05) is 302 Å². The summed E-state index contributed by atoms with van der Waals surface area (Å²) < 4.78 is 60.1. The first-order chi connectivity index (χ1) is 56.8. The lowest BCUT2D eigenvalue weighted by molar-refractivity contribution is 0.0987. The third-order valence-corrected chi connectivity index (χ3v) is 58.6. The second-order valence-corrected chi connectivity index (χ2v) is 64.8. The van der Waals surface area contributed by atoms with Crippen molar-refractivity contribution in [3.05, 3.63) is 152 Å². The molecule has 35 heteroatoms. The van der Waals surface area contributed by atoms with Crippen LogP contribution in [-0.2, 0) is 42.7 Å². The first-order valence-electron chi connectivity index (χ1n) is 43.4. The molecular formula is C85H160O25Si10. The topological polar surface area (TPSA) is 396 Å². The highest BCUT2D eigenvalue weighted by atomic mass is 28.5. The van der Waals surface area contributed by atoms with E-state index in [4.69, 9.17) is 47.8 Å². The van der Waals surface area contributed by atoms with Crippen molar-refractivity contribution in [3.8, 4) is 0 Å². The van der Waals surface area contributed by atoms with Gasteiger partial charge in [0, 0.05) is 65.8 Å². The molecule has 0 radical (unpaired) electrons. The number of rotatable bonds is 59. The van der Waals surface area contributed by atoms with Crippen molar-refractivity contribution < 1.29 is 118 Å². The zero-order chi connectivity index (χ0) is 90.4. The van der Waals surface area contributed by atoms with Crippen LogP contribution in [0, 0.1) is 5.92 Å². The van der Waals surface area contributed by atoms with Gasteiger partial charge in [-0.3, -0.25) is 0 Å². The molecule has 0 aliphatic heterocycles. The van der Waals surface area contributed by atoms with E-state index < -0.39 is 116 Å². The summed E-state index contributed by atoms with van der Waals surface area (Å²) >= 11 is 0. The van der Waals surface area contributed by atoms with Crippen LogP contribution >= 0.6 is 0 Å². The molecule has 0 saturated carbocycles. The molecule has 5 aromatic carbocycles. The fourth-order valence-electron chi connectivity index (χ4n) is 14.0. The molecule has 15 N–H and O–H groups in total. The predicted octanol–water partition coefficient (Wildman–Crippen LogP) is 9.84. The molecule has 0 fully saturated rings. The molecule has 0 aliphatic carbocycles. The normalized spacial score (nSPS) is 18.2. The summed E-state index contributed by atoms with van der Waals surface area (Å²) in [5, 5.41) is 99.8. The molecule has 0 amide bonds. The van der Waals surface area contributed by atoms with Crippen LogP contribution in [0.25, 0.3) is 0 Å². The van der Waals surface area contributed by atoms with E-state index in [1.807, 2.05) is 152 Å². The number of hydrogen-bond donors (Lipinski definition) is 15. The van der Waals surface area contributed by atoms with Crippen LogP contribution in [0.4, 0.5) is 0 Å². The highest BCUT2D eigenvalue weighted by Crippen LogP contribution is 2.33. The minimum absolute atomic E-state index is 0.256. The smallest absolute Gasteiger partial charge is 0.357 e. The predicted molar refractivity (Wildman–Crippen MR) is 503 cm³/mol. The first-order valence-corrected chi connectivity index (χ1v) is 66.4. The molecule has 0 heterocycles. The van der Waals surface area contributed by atoms with E-state index in [1.165, 1.54) is 38.5 Å². The molecule has 0 aromatic heterocycles. The molecule has 0 saturated heterocycles. The average Bonchev–Trinajstić information content (AvgIpc) is 0.837. The summed E-state index contributed by atoms with van der Waals surface area (Å²) in [4.78, 5) is 54.8. The van der Waals surface area contributed by atoms with E-state index in [9.17, 15) is 69.9 Å². The number of hydrogen-bond acceptors (Lipinski definition) is 25. The zero-order valence-corrected chi connectivity index (χ0v) is 85.5. The van der Waals surface area contributed by atoms with Gasteiger partial charge in [0.15, 0.2) is 0 Å². The van der Waals surface area contributed by atoms with E-state index in [0.717, 1.165) is 103 Å².